The van der Waals surface area contributed by atoms with Crippen LogP contribution >= 0.6 is 11.3 Å². The van der Waals surface area contributed by atoms with Gasteiger partial charge < -0.3 is 5.11 Å². The Balaban J connectivity index is 2.33. The van der Waals surface area contributed by atoms with Crippen LogP contribution < -0.4 is 0 Å². The van der Waals surface area contributed by atoms with Crippen molar-refractivity contribution < 1.29 is 5.11 Å². The maximum absolute atomic E-state index is 9.17. The number of thiazole rings is 1. The molecule has 2 aromatic rings. The molecule has 1 aromatic heterocycles. The lowest BCUT2D eigenvalue weighted by Gasteiger charge is -1.98. The normalized spacial score (nSPS) is 10.4. The summed E-state index contributed by atoms with van der Waals surface area (Å²) in [6.45, 7) is 2.13. The Bertz CT molecular complexity index is 419. The van der Waals surface area contributed by atoms with E-state index in [-0.39, 0.29) is 5.06 Å². The largest absolute Gasteiger partial charge is 0.498 e. The van der Waals surface area contributed by atoms with Gasteiger partial charge in [0.1, 0.15) is 5.01 Å². The summed E-state index contributed by atoms with van der Waals surface area (Å²) in [6, 6.07) is 8.26. The molecule has 0 saturated heterocycles. The second kappa shape index (κ2) is 3.80. The number of aromatic hydroxyl groups is 1. The van der Waals surface area contributed by atoms with E-state index in [1.807, 2.05) is 12.1 Å². The van der Waals surface area contributed by atoms with Gasteiger partial charge >= 0.3 is 0 Å². The molecule has 1 heterocycles. The summed E-state index contributed by atoms with van der Waals surface area (Å²) in [7, 11) is 0. The van der Waals surface area contributed by atoms with Crippen molar-refractivity contribution >= 4 is 11.3 Å². The lowest BCUT2D eigenvalue weighted by Crippen LogP contribution is -1.79. The number of benzene rings is 1. The number of aryl methyl sites for hydroxylation is 1. The van der Waals surface area contributed by atoms with Gasteiger partial charge in [-0.05, 0) is 12.0 Å². The number of hydrogen-bond acceptors (Lipinski definition) is 3. The van der Waals surface area contributed by atoms with E-state index in [0.29, 0.717) is 0 Å². The van der Waals surface area contributed by atoms with E-state index in [9.17, 15) is 5.11 Å². The molecule has 1 N–H and O–H groups in total. The molecule has 0 bridgehead atoms. The van der Waals surface area contributed by atoms with Crippen molar-refractivity contribution in [3.8, 4) is 15.6 Å². The highest BCUT2D eigenvalue weighted by Gasteiger charge is 2.02. The topological polar surface area (TPSA) is 33.1 Å². The minimum Gasteiger partial charge on any atom is -0.498 e. The molecule has 72 valence electrons. The van der Waals surface area contributed by atoms with E-state index in [0.717, 1.165) is 17.0 Å². The quantitative estimate of drug-likeness (QED) is 0.817. The lowest BCUT2D eigenvalue weighted by atomic mass is 10.1. The standard InChI is InChI=1S/C11H11NOS/c1-2-8-3-5-9(6-4-8)11-12-7-10(13)14-11/h3-7,13H,2H2,1H3. The van der Waals surface area contributed by atoms with Gasteiger partial charge in [0, 0.05) is 5.56 Å². The molecule has 2 rings (SSSR count). The molecule has 3 heteroatoms. The lowest BCUT2D eigenvalue weighted by molar-refractivity contribution is 0.489. The first kappa shape index (κ1) is 9.21. The van der Waals surface area contributed by atoms with Crippen LogP contribution in [0.3, 0.4) is 0 Å². The van der Waals surface area contributed by atoms with Crippen LogP contribution in [-0.4, -0.2) is 10.1 Å². The molecular weight excluding hydrogens is 194 g/mol. The summed E-state index contributed by atoms with van der Waals surface area (Å²) in [6.07, 6.45) is 2.52. The average molecular weight is 205 g/mol. The SMILES string of the molecule is CCc1ccc(-c2ncc(O)s2)cc1. The Morgan fingerprint density at radius 3 is 2.50 bits per heavy atom. The number of rotatable bonds is 2. The van der Waals surface area contributed by atoms with E-state index in [1.54, 1.807) is 0 Å². The van der Waals surface area contributed by atoms with Crippen molar-refractivity contribution in [3.63, 3.8) is 0 Å². The van der Waals surface area contributed by atoms with E-state index in [4.69, 9.17) is 0 Å². The fourth-order valence-corrected chi connectivity index (χ4v) is 1.94. The predicted octanol–water partition coefficient (Wildman–Crippen LogP) is 3.08. The summed E-state index contributed by atoms with van der Waals surface area (Å²) in [5.41, 5.74) is 2.38. The van der Waals surface area contributed by atoms with Crippen LogP contribution in [0.15, 0.2) is 30.5 Å². The third kappa shape index (κ3) is 1.77. The Hall–Kier alpha value is -1.35. The van der Waals surface area contributed by atoms with Crippen LogP contribution in [-0.2, 0) is 6.42 Å². The summed E-state index contributed by atoms with van der Waals surface area (Å²) in [5.74, 6) is 0. The molecular formula is C11H11NOS. The zero-order valence-corrected chi connectivity index (χ0v) is 8.71. The van der Waals surface area contributed by atoms with Gasteiger partial charge in [0.2, 0.25) is 0 Å². The highest BCUT2D eigenvalue weighted by molar-refractivity contribution is 7.16. The number of hydrogen-bond donors (Lipinski definition) is 1. The zero-order valence-electron chi connectivity index (χ0n) is 7.90. The van der Waals surface area contributed by atoms with Gasteiger partial charge in [-0.1, -0.05) is 42.5 Å². The molecule has 0 fully saturated rings. The van der Waals surface area contributed by atoms with E-state index >= 15 is 0 Å². The Kier molecular flexibility index (Phi) is 2.50. The van der Waals surface area contributed by atoms with Crippen LogP contribution in [0.2, 0.25) is 0 Å². The van der Waals surface area contributed by atoms with E-state index < -0.39 is 0 Å². The van der Waals surface area contributed by atoms with Crippen LogP contribution in [0.5, 0.6) is 5.06 Å². The van der Waals surface area contributed by atoms with Crippen LogP contribution in [0, 0.1) is 0 Å². The molecule has 0 radical (unpaired) electrons. The number of aromatic nitrogens is 1. The van der Waals surface area contributed by atoms with Crippen LogP contribution in [0.1, 0.15) is 12.5 Å². The summed E-state index contributed by atoms with van der Waals surface area (Å²) in [4.78, 5) is 4.11. The molecule has 1 aromatic carbocycles. The first-order valence-corrected chi connectivity index (χ1v) is 5.35. The monoisotopic (exact) mass is 205 g/mol. The fourth-order valence-electron chi connectivity index (χ4n) is 1.28. The molecule has 0 atom stereocenters. The van der Waals surface area contributed by atoms with Gasteiger partial charge in [-0.2, -0.15) is 0 Å². The first-order chi connectivity index (χ1) is 6.79. The molecule has 0 aliphatic rings. The van der Waals surface area contributed by atoms with Gasteiger partial charge in [-0.25, -0.2) is 4.98 Å². The molecule has 2 nitrogen and oxygen atoms in total. The molecule has 0 amide bonds. The molecule has 0 saturated carbocycles. The smallest absolute Gasteiger partial charge is 0.192 e. The van der Waals surface area contributed by atoms with Crippen molar-refractivity contribution in [2.24, 2.45) is 0 Å². The van der Waals surface area contributed by atoms with Gasteiger partial charge in [0.15, 0.2) is 5.06 Å². The van der Waals surface area contributed by atoms with Crippen LogP contribution in [0.4, 0.5) is 0 Å². The fraction of sp³-hybridized carbons (Fsp3) is 0.182. The minimum absolute atomic E-state index is 0.263. The minimum atomic E-state index is 0.263. The van der Waals surface area contributed by atoms with Crippen molar-refractivity contribution in [3.05, 3.63) is 36.0 Å². The highest BCUT2D eigenvalue weighted by atomic mass is 32.1. The van der Waals surface area contributed by atoms with Crippen molar-refractivity contribution in [2.75, 3.05) is 0 Å². The Morgan fingerprint density at radius 2 is 2.00 bits per heavy atom. The summed E-state index contributed by atoms with van der Waals surface area (Å²) < 4.78 is 0. The second-order valence-electron chi connectivity index (χ2n) is 3.05. The Morgan fingerprint density at radius 1 is 1.29 bits per heavy atom. The average Bonchev–Trinajstić information content (AvgIpc) is 2.65. The molecule has 0 spiro atoms. The highest BCUT2D eigenvalue weighted by Crippen LogP contribution is 2.28. The van der Waals surface area contributed by atoms with Gasteiger partial charge in [-0.3, -0.25) is 0 Å². The van der Waals surface area contributed by atoms with Gasteiger partial charge in [0.25, 0.3) is 0 Å². The van der Waals surface area contributed by atoms with Crippen LogP contribution in [0.25, 0.3) is 10.6 Å². The molecule has 0 unspecified atom stereocenters. The predicted molar refractivity (Wildman–Crippen MR) is 58.6 cm³/mol. The summed E-state index contributed by atoms with van der Waals surface area (Å²) >= 11 is 1.30. The van der Waals surface area contributed by atoms with E-state index in [2.05, 4.69) is 24.0 Å². The second-order valence-corrected chi connectivity index (χ2v) is 4.06. The summed E-state index contributed by atoms with van der Waals surface area (Å²) in [5, 5.41) is 10.3. The third-order valence-corrected chi connectivity index (χ3v) is 2.95. The molecule has 14 heavy (non-hydrogen) atoms. The molecule has 0 aliphatic heterocycles. The van der Waals surface area contributed by atoms with Crippen molar-refractivity contribution in [1.29, 1.82) is 0 Å². The van der Waals surface area contributed by atoms with Crippen molar-refractivity contribution in [2.45, 2.75) is 13.3 Å². The number of nitrogens with zero attached hydrogens (tertiary/aromatic N) is 1. The van der Waals surface area contributed by atoms with Gasteiger partial charge in [0.05, 0.1) is 6.20 Å². The van der Waals surface area contributed by atoms with Crippen molar-refractivity contribution in [1.82, 2.24) is 4.98 Å². The molecule has 0 aliphatic carbocycles. The third-order valence-electron chi connectivity index (χ3n) is 2.10. The maximum atomic E-state index is 9.17. The Labute approximate surface area is 86.9 Å². The van der Waals surface area contributed by atoms with Gasteiger partial charge in [-0.15, -0.1) is 0 Å². The first-order valence-electron chi connectivity index (χ1n) is 4.53. The zero-order chi connectivity index (χ0) is 9.97. The van der Waals surface area contributed by atoms with E-state index in [1.165, 1.54) is 23.1 Å². The maximum Gasteiger partial charge on any atom is 0.192 e.